The van der Waals surface area contributed by atoms with Gasteiger partial charge in [-0.05, 0) is 41.3 Å². The fourth-order valence-corrected chi connectivity index (χ4v) is 3.61. The zero-order valence-electron chi connectivity index (χ0n) is 16.2. The Morgan fingerprint density at radius 1 is 1.15 bits per heavy atom. The van der Waals surface area contributed by atoms with Crippen LogP contribution in [-0.4, -0.2) is 26.3 Å². The van der Waals surface area contributed by atoms with Crippen molar-refractivity contribution in [3.63, 3.8) is 0 Å². The summed E-state index contributed by atoms with van der Waals surface area (Å²) in [7, 11) is -1.69. The molecule has 0 amide bonds. The summed E-state index contributed by atoms with van der Waals surface area (Å²) in [6.07, 6.45) is 0. The van der Waals surface area contributed by atoms with Crippen LogP contribution in [-0.2, 0) is 15.3 Å². The summed E-state index contributed by atoms with van der Waals surface area (Å²) >= 11 is 0. The van der Waals surface area contributed by atoms with E-state index in [1.807, 2.05) is 18.2 Å². The number of hydrogen-bond donors (Lipinski definition) is 1. The summed E-state index contributed by atoms with van der Waals surface area (Å²) in [6, 6.07) is 10.9. The van der Waals surface area contributed by atoms with Gasteiger partial charge in [0, 0.05) is 0 Å². The third kappa shape index (κ3) is 3.93. The summed E-state index contributed by atoms with van der Waals surface area (Å²) in [5, 5.41) is 3.15. The summed E-state index contributed by atoms with van der Waals surface area (Å²) in [4.78, 5) is 4.63. The van der Waals surface area contributed by atoms with Crippen LogP contribution in [0.2, 0.25) is 0 Å². The molecule has 144 valence electrons. The standard InChI is InChI=1S/C20H24N2O4S/c1-6-27(23,24)14-8-10-18-16(12-14)22-19(26-18)21-15-11-13(20(2,3)4)7-9-17(15)25-5/h7-12H,6H2,1-5H3,(H,21,22). The molecule has 1 N–H and O–H groups in total. The first-order chi connectivity index (χ1) is 12.6. The lowest BCUT2D eigenvalue weighted by atomic mass is 9.87. The Labute approximate surface area is 159 Å². The number of nitrogens with one attached hydrogen (secondary N) is 1. The molecule has 3 rings (SSSR count). The van der Waals surface area contributed by atoms with Gasteiger partial charge in [-0.3, -0.25) is 0 Å². The molecule has 3 aromatic rings. The highest BCUT2D eigenvalue weighted by Gasteiger charge is 2.18. The second-order valence-corrected chi connectivity index (χ2v) is 9.62. The molecular formula is C20H24N2O4S. The minimum atomic E-state index is -3.29. The number of nitrogens with zero attached hydrogens (tertiary/aromatic N) is 1. The average molecular weight is 388 g/mol. The summed E-state index contributed by atoms with van der Waals surface area (Å²) in [6.45, 7) is 8.01. The van der Waals surface area contributed by atoms with Crippen LogP contribution < -0.4 is 10.1 Å². The number of rotatable bonds is 5. The normalized spacial score (nSPS) is 12.3. The first-order valence-corrected chi connectivity index (χ1v) is 10.4. The van der Waals surface area contributed by atoms with Crippen molar-refractivity contribution in [1.29, 1.82) is 0 Å². The van der Waals surface area contributed by atoms with Crippen molar-refractivity contribution in [2.45, 2.75) is 38.0 Å². The van der Waals surface area contributed by atoms with Gasteiger partial charge in [-0.2, -0.15) is 4.98 Å². The van der Waals surface area contributed by atoms with E-state index in [2.05, 4.69) is 31.1 Å². The molecule has 0 aliphatic carbocycles. The molecule has 27 heavy (non-hydrogen) atoms. The van der Waals surface area contributed by atoms with Gasteiger partial charge in [0.05, 0.1) is 23.4 Å². The van der Waals surface area contributed by atoms with Gasteiger partial charge in [0.2, 0.25) is 0 Å². The summed E-state index contributed by atoms with van der Waals surface area (Å²) < 4.78 is 35.3. The van der Waals surface area contributed by atoms with Crippen LogP contribution in [0.5, 0.6) is 5.75 Å². The van der Waals surface area contributed by atoms with Crippen molar-refractivity contribution in [1.82, 2.24) is 4.98 Å². The number of oxazole rings is 1. The van der Waals surface area contributed by atoms with Crippen LogP contribution >= 0.6 is 0 Å². The van der Waals surface area contributed by atoms with Crippen molar-refractivity contribution in [3.05, 3.63) is 42.0 Å². The third-order valence-corrected chi connectivity index (χ3v) is 6.14. The molecule has 0 atom stereocenters. The summed E-state index contributed by atoms with van der Waals surface area (Å²) in [5.41, 5.74) is 2.85. The summed E-state index contributed by atoms with van der Waals surface area (Å²) in [5.74, 6) is 0.706. The second kappa shape index (κ2) is 6.88. The van der Waals surface area contributed by atoms with Crippen LogP contribution in [0.3, 0.4) is 0 Å². The number of sulfone groups is 1. The number of fused-ring (bicyclic) bond motifs is 1. The van der Waals surface area contributed by atoms with Crippen molar-refractivity contribution in [2.75, 3.05) is 18.2 Å². The molecule has 0 unspecified atom stereocenters. The van der Waals surface area contributed by atoms with Crippen LogP contribution in [0.4, 0.5) is 11.7 Å². The lowest BCUT2D eigenvalue weighted by Crippen LogP contribution is -2.11. The van der Waals surface area contributed by atoms with E-state index >= 15 is 0 Å². The number of anilines is 2. The number of benzene rings is 2. The Morgan fingerprint density at radius 3 is 2.52 bits per heavy atom. The molecule has 0 aliphatic rings. The first-order valence-electron chi connectivity index (χ1n) is 8.73. The van der Waals surface area contributed by atoms with E-state index in [1.54, 1.807) is 20.1 Å². The van der Waals surface area contributed by atoms with Gasteiger partial charge >= 0.3 is 0 Å². The maximum atomic E-state index is 12.1. The highest BCUT2D eigenvalue weighted by Crippen LogP contribution is 2.34. The Bertz CT molecular complexity index is 1080. The quantitative estimate of drug-likeness (QED) is 0.684. The fraction of sp³-hybridized carbons (Fsp3) is 0.350. The van der Waals surface area contributed by atoms with Crippen LogP contribution in [0.1, 0.15) is 33.3 Å². The van der Waals surface area contributed by atoms with Crippen LogP contribution in [0.25, 0.3) is 11.1 Å². The van der Waals surface area contributed by atoms with E-state index in [0.29, 0.717) is 16.8 Å². The molecular weight excluding hydrogens is 364 g/mol. The van der Waals surface area contributed by atoms with Crippen molar-refractivity contribution >= 4 is 32.6 Å². The SMILES string of the molecule is CCS(=O)(=O)c1ccc2oc(Nc3cc(C(C)(C)C)ccc3OC)nc2c1. The van der Waals surface area contributed by atoms with E-state index in [0.717, 1.165) is 11.3 Å². The molecule has 0 saturated heterocycles. The molecule has 2 aromatic carbocycles. The Hall–Kier alpha value is -2.54. The Morgan fingerprint density at radius 2 is 1.89 bits per heavy atom. The Kier molecular flexibility index (Phi) is 4.90. The van der Waals surface area contributed by atoms with Crippen LogP contribution in [0.15, 0.2) is 45.7 Å². The highest BCUT2D eigenvalue weighted by atomic mass is 32.2. The molecule has 6 nitrogen and oxygen atoms in total. The van der Waals surface area contributed by atoms with Gasteiger partial charge in [0.15, 0.2) is 15.4 Å². The molecule has 1 heterocycles. The molecule has 0 fully saturated rings. The zero-order valence-corrected chi connectivity index (χ0v) is 17.0. The Balaban J connectivity index is 1.99. The van der Waals surface area contributed by atoms with E-state index in [4.69, 9.17) is 9.15 Å². The molecule has 0 spiro atoms. The monoisotopic (exact) mass is 388 g/mol. The predicted molar refractivity (Wildman–Crippen MR) is 107 cm³/mol. The molecule has 0 bridgehead atoms. The maximum absolute atomic E-state index is 12.1. The van der Waals surface area contributed by atoms with Crippen LogP contribution in [0, 0.1) is 0 Å². The van der Waals surface area contributed by atoms with Crippen molar-refractivity contribution in [3.8, 4) is 5.75 Å². The van der Waals surface area contributed by atoms with E-state index < -0.39 is 9.84 Å². The largest absolute Gasteiger partial charge is 0.495 e. The van der Waals surface area contributed by atoms with Crippen molar-refractivity contribution < 1.29 is 17.6 Å². The molecule has 0 radical (unpaired) electrons. The van der Waals surface area contributed by atoms with Gasteiger partial charge in [0.25, 0.3) is 6.01 Å². The number of aromatic nitrogens is 1. The lowest BCUT2D eigenvalue weighted by molar-refractivity contribution is 0.416. The number of methoxy groups -OCH3 is 1. The van der Waals surface area contributed by atoms with Gasteiger partial charge in [-0.1, -0.05) is 33.8 Å². The van der Waals surface area contributed by atoms with Gasteiger partial charge in [0.1, 0.15) is 11.3 Å². The number of hydrogen-bond acceptors (Lipinski definition) is 6. The average Bonchev–Trinajstić information content (AvgIpc) is 3.02. The van der Waals surface area contributed by atoms with Gasteiger partial charge < -0.3 is 14.5 Å². The minimum absolute atomic E-state index is 0.0204. The van der Waals surface area contributed by atoms with E-state index in [1.165, 1.54) is 12.1 Å². The minimum Gasteiger partial charge on any atom is -0.495 e. The molecule has 7 heteroatoms. The first kappa shape index (κ1) is 19.2. The third-order valence-electron chi connectivity index (χ3n) is 4.41. The predicted octanol–water partition coefficient (Wildman–Crippen LogP) is 4.67. The maximum Gasteiger partial charge on any atom is 0.300 e. The van der Waals surface area contributed by atoms with E-state index in [9.17, 15) is 8.42 Å². The number of ether oxygens (including phenoxy) is 1. The molecule has 1 aromatic heterocycles. The zero-order chi connectivity index (χ0) is 19.8. The van der Waals surface area contributed by atoms with Crippen molar-refractivity contribution in [2.24, 2.45) is 0 Å². The van der Waals surface area contributed by atoms with Gasteiger partial charge in [-0.25, -0.2) is 8.42 Å². The molecule has 0 saturated carbocycles. The topological polar surface area (TPSA) is 81.4 Å². The highest BCUT2D eigenvalue weighted by molar-refractivity contribution is 7.91. The molecule has 0 aliphatic heterocycles. The second-order valence-electron chi connectivity index (χ2n) is 7.34. The smallest absolute Gasteiger partial charge is 0.300 e. The lowest BCUT2D eigenvalue weighted by Gasteiger charge is -2.21. The van der Waals surface area contributed by atoms with Gasteiger partial charge in [-0.15, -0.1) is 0 Å². The fourth-order valence-electron chi connectivity index (χ4n) is 2.71. The van der Waals surface area contributed by atoms with E-state index in [-0.39, 0.29) is 22.1 Å².